The van der Waals surface area contributed by atoms with Gasteiger partial charge in [0.05, 0.1) is 4.92 Å². The zero-order valence-electron chi connectivity index (χ0n) is 14.3. The molecule has 1 heterocycles. The Morgan fingerprint density at radius 1 is 1.18 bits per heavy atom. The van der Waals surface area contributed by atoms with Crippen LogP contribution in [0.2, 0.25) is 0 Å². The number of non-ortho nitro benzene ring substituents is 1. The number of nitrogens with zero attached hydrogens (tertiary/aromatic N) is 2. The number of anilines is 1. The number of amides is 1. The van der Waals surface area contributed by atoms with Crippen LogP contribution in [-0.4, -0.2) is 10.8 Å². The predicted octanol–water partition coefficient (Wildman–Crippen LogP) is 5.16. The monoisotopic (exact) mass is 437 g/mol. The molecule has 0 aliphatic rings. The molecule has 8 heteroatoms. The highest BCUT2D eigenvalue weighted by atomic mass is 79.9. The molecule has 0 aliphatic heterocycles. The molecule has 3 aromatic rings. The standard InChI is InChI=1S/C20H12BrN3O4/c21-15-4-2-5-16(11-15)23-20(25)14(12-22)10-18-7-8-19(28-18)13-3-1-6-17(9-13)24(26)27/h1-11H,(H,23,25)/b14-10-. The summed E-state index contributed by atoms with van der Waals surface area (Å²) in [5, 5.41) is 22.8. The molecule has 0 saturated carbocycles. The number of benzene rings is 2. The summed E-state index contributed by atoms with van der Waals surface area (Å²) >= 11 is 3.31. The van der Waals surface area contributed by atoms with Crippen LogP contribution in [0.1, 0.15) is 5.76 Å². The smallest absolute Gasteiger partial charge is 0.270 e. The number of nitrogens with one attached hydrogen (secondary N) is 1. The topological polar surface area (TPSA) is 109 Å². The largest absolute Gasteiger partial charge is 0.457 e. The van der Waals surface area contributed by atoms with Crippen molar-refractivity contribution in [1.82, 2.24) is 0 Å². The van der Waals surface area contributed by atoms with Crippen molar-refractivity contribution in [2.24, 2.45) is 0 Å². The number of furan rings is 1. The highest BCUT2D eigenvalue weighted by Crippen LogP contribution is 2.26. The predicted molar refractivity (Wildman–Crippen MR) is 107 cm³/mol. The normalized spacial score (nSPS) is 10.9. The zero-order valence-corrected chi connectivity index (χ0v) is 15.8. The number of hydrogen-bond acceptors (Lipinski definition) is 5. The van der Waals surface area contributed by atoms with Crippen molar-refractivity contribution in [3.05, 3.63) is 86.6 Å². The van der Waals surface area contributed by atoms with Gasteiger partial charge in [-0.2, -0.15) is 5.26 Å². The van der Waals surface area contributed by atoms with Crippen LogP contribution in [0.5, 0.6) is 0 Å². The lowest BCUT2D eigenvalue weighted by molar-refractivity contribution is -0.384. The van der Waals surface area contributed by atoms with Gasteiger partial charge in [0.25, 0.3) is 11.6 Å². The summed E-state index contributed by atoms with van der Waals surface area (Å²) in [6, 6.07) is 18.0. The molecule has 0 spiro atoms. The Balaban J connectivity index is 1.82. The van der Waals surface area contributed by atoms with E-state index in [9.17, 15) is 20.2 Å². The van der Waals surface area contributed by atoms with Crippen molar-refractivity contribution in [3.8, 4) is 17.4 Å². The van der Waals surface area contributed by atoms with E-state index >= 15 is 0 Å². The summed E-state index contributed by atoms with van der Waals surface area (Å²) in [6.07, 6.45) is 1.31. The molecule has 138 valence electrons. The molecule has 28 heavy (non-hydrogen) atoms. The van der Waals surface area contributed by atoms with Gasteiger partial charge in [-0.15, -0.1) is 0 Å². The Hall–Kier alpha value is -3.70. The van der Waals surface area contributed by atoms with Gasteiger partial charge >= 0.3 is 0 Å². The number of rotatable bonds is 5. The fraction of sp³-hybridized carbons (Fsp3) is 0. The third kappa shape index (κ3) is 4.52. The van der Waals surface area contributed by atoms with E-state index < -0.39 is 10.8 Å². The van der Waals surface area contributed by atoms with E-state index in [1.165, 1.54) is 18.2 Å². The average Bonchev–Trinajstić information content (AvgIpc) is 3.15. The molecule has 0 unspecified atom stereocenters. The summed E-state index contributed by atoms with van der Waals surface area (Å²) < 4.78 is 6.41. The third-order valence-electron chi connectivity index (χ3n) is 3.70. The van der Waals surface area contributed by atoms with E-state index in [4.69, 9.17) is 4.42 Å². The maximum Gasteiger partial charge on any atom is 0.270 e. The van der Waals surface area contributed by atoms with Crippen LogP contribution in [0.4, 0.5) is 11.4 Å². The van der Waals surface area contributed by atoms with Crippen LogP contribution in [0, 0.1) is 21.4 Å². The van der Waals surface area contributed by atoms with Gasteiger partial charge in [0.2, 0.25) is 0 Å². The second-order valence-electron chi connectivity index (χ2n) is 5.64. The van der Waals surface area contributed by atoms with E-state index in [1.54, 1.807) is 42.5 Å². The number of nitriles is 1. The molecule has 7 nitrogen and oxygen atoms in total. The third-order valence-corrected chi connectivity index (χ3v) is 4.20. The number of hydrogen-bond donors (Lipinski definition) is 1. The SMILES string of the molecule is N#C/C(=C/c1ccc(-c2cccc([N+](=O)[O-])c2)o1)C(=O)Nc1cccc(Br)c1. The molecule has 0 fully saturated rings. The number of nitro benzene ring substituents is 1. The molecule has 1 aromatic heterocycles. The van der Waals surface area contributed by atoms with Crippen LogP contribution >= 0.6 is 15.9 Å². The second kappa shape index (κ2) is 8.33. The van der Waals surface area contributed by atoms with Crippen molar-refractivity contribution < 1.29 is 14.1 Å². The first-order valence-corrected chi connectivity index (χ1v) is 8.79. The summed E-state index contributed by atoms with van der Waals surface area (Å²) in [6.45, 7) is 0. The lowest BCUT2D eigenvalue weighted by Gasteiger charge is -2.04. The first-order valence-electron chi connectivity index (χ1n) is 7.99. The Morgan fingerprint density at radius 3 is 2.68 bits per heavy atom. The minimum absolute atomic E-state index is 0.0582. The number of carbonyl (C=O) groups is 1. The van der Waals surface area contributed by atoms with Crippen molar-refractivity contribution in [3.63, 3.8) is 0 Å². The zero-order chi connectivity index (χ0) is 20.1. The highest BCUT2D eigenvalue weighted by Gasteiger charge is 2.13. The Labute approximate surface area is 168 Å². The van der Waals surface area contributed by atoms with E-state index in [0.717, 1.165) is 4.47 Å². The van der Waals surface area contributed by atoms with E-state index in [2.05, 4.69) is 21.2 Å². The summed E-state index contributed by atoms with van der Waals surface area (Å²) in [4.78, 5) is 22.7. The van der Waals surface area contributed by atoms with E-state index in [-0.39, 0.29) is 17.0 Å². The molecule has 0 saturated heterocycles. The van der Waals surface area contributed by atoms with Gasteiger partial charge in [-0.05, 0) is 30.3 Å². The maximum atomic E-state index is 12.3. The lowest BCUT2D eigenvalue weighted by atomic mass is 10.1. The quantitative estimate of drug-likeness (QED) is 0.256. The molecule has 1 N–H and O–H groups in total. The molecular formula is C20H12BrN3O4. The number of halogens is 1. The molecule has 0 bridgehead atoms. The molecule has 3 rings (SSSR count). The molecular weight excluding hydrogens is 426 g/mol. The number of nitro groups is 1. The summed E-state index contributed by atoms with van der Waals surface area (Å²) in [5.74, 6) is 0.0935. The summed E-state index contributed by atoms with van der Waals surface area (Å²) in [5.41, 5.74) is 0.861. The van der Waals surface area contributed by atoms with E-state index in [1.807, 2.05) is 12.1 Å². The average molecular weight is 438 g/mol. The maximum absolute atomic E-state index is 12.3. The van der Waals surface area contributed by atoms with Crippen molar-refractivity contribution in [2.45, 2.75) is 0 Å². The Bertz CT molecular complexity index is 1130. The van der Waals surface area contributed by atoms with Gasteiger partial charge in [-0.25, -0.2) is 0 Å². The lowest BCUT2D eigenvalue weighted by Crippen LogP contribution is -2.13. The van der Waals surface area contributed by atoms with Gasteiger partial charge in [0.1, 0.15) is 23.2 Å². The van der Waals surface area contributed by atoms with Crippen LogP contribution in [-0.2, 0) is 4.79 Å². The fourth-order valence-corrected chi connectivity index (χ4v) is 2.81. The molecule has 2 aromatic carbocycles. The molecule has 0 atom stereocenters. The van der Waals surface area contributed by atoms with Crippen LogP contribution in [0.15, 0.2) is 75.1 Å². The molecule has 0 aliphatic carbocycles. The molecule has 0 radical (unpaired) electrons. The van der Waals surface area contributed by atoms with Gasteiger partial charge in [0.15, 0.2) is 0 Å². The fourth-order valence-electron chi connectivity index (χ4n) is 2.41. The first-order chi connectivity index (χ1) is 13.5. The highest BCUT2D eigenvalue weighted by molar-refractivity contribution is 9.10. The minimum Gasteiger partial charge on any atom is -0.457 e. The van der Waals surface area contributed by atoms with Gasteiger partial charge in [-0.1, -0.05) is 34.1 Å². The van der Waals surface area contributed by atoms with Crippen molar-refractivity contribution in [1.29, 1.82) is 5.26 Å². The summed E-state index contributed by atoms with van der Waals surface area (Å²) in [7, 11) is 0. The number of carbonyl (C=O) groups excluding carboxylic acids is 1. The van der Waals surface area contributed by atoms with Crippen LogP contribution < -0.4 is 5.32 Å². The minimum atomic E-state index is -0.575. The van der Waals surface area contributed by atoms with Gasteiger partial charge < -0.3 is 9.73 Å². The van der Waals surface area contributed by atoms with Crippen LogP contribution in [0.3, 0.4) is 0 Å². The van der Waals surface area contributed by atoms with Gasteiger partial charge in [-0.3, -0.25) is 14.9 Å². The first kappa shape index (κ1) is 19.1. The van der Waals surface area contributed by atoms with E-state index in [0.29, 0.717) is 17.0 Å². The van der Waals surface area contributed by atoms with Crippen LogP contribution in [0.25, 0.3) is 17.4 Å². The molecule has 1 amide bonds. The van der Waals surface area contributed by atoms with Crippen molar-refractivity contribution >= 4 is 39.3 Å². The Morgan fingerprint density at radius 2 is 1.96 bits per heavy atom. The second-order valence-corrected chi connectivity index (χ2v) is 6.56. The van der Waals surface area contributed by atoms with Crippen molar-refractivity contribution in [2.75, 3.05) is 5.32 Å². The van der Waals surface area contributed by atoms with Gasteiger partial charge in [0, 0.05) is 33.9 Å². The Kier molecular flexibility index (Phi) is 5.67.